The molecule has 1 rings (SSSR count). The maximum absolute atomic E-state index is 10.2. The molecule has 0 amide bonds. The van der Waals surface area contributed by atoms with Crippen LogP contribution in [-0.2, 0) is 14.4 Å². The van der Waals surface area contributed by atoms with Gasteiger partial charge in [0, 0.05) is 0 Å². The first-order chi connectivity index (χ1) is 7.81. The lowest BCUT2D eigenvalue weighted by Crippen LogP contribution is -2.32. The fourth-order valence-electron chi connectivity index (χ4n) is 1.97. The number of rotatable bonds is 4. The monoisotopic (exact) mass is 221 g/mol. The summed E-state index contributed by atoms with van der Waals surface area (Å²) in [6.45, 7) is 0.381. The van der Waals surface area contributed by atoms with Crippen molar-refractivity contribution in [3.05, 3.63) is 0 Å². The average molecular weight is 221 g/mol. The zero-order chi connectivity index (χ0) is 11.8. The maximum Gasteiger partial charge on any atom is 0.235 e. The number of hydrogen-bond donors (Lipinski definition) is 0. The minimum Gasteiger partial charge on any atom is -0.211 e. The lowest BCUT2D eigenvalue weighted by Gasteiger charge is -2.28. The normalized spacial score (nSPS) is 28.1. The standard InChI is InChI=1S/C10H11N3O3/c14-5-11-4-8-1-2-9(12-6-15)10(3-8)13-7-16/h8-10H,1-4H2. The van der Waals surface area contributed by atoms with E-state index < -0.39 is 0 Å². The highest BCUT2D eigenvalue weighted by Crippen LogP contribution is 2.28. The van der Waals surface area contributed by atoms with Crippen molar-refractivity contribution in [1.82, 2.24) is 0 Å². The summed E-state index contributed by atoms with van der Waals surface area (Å²) in [5.74, 6) is 0.182. The molecule has 6 heteroatoms. The highest BCUT2D eigenvalue weighted by Gasteiger charge is 2.30. The van der Waals surface area contributed by atoms with Gasteiger partial charge in [-0.15, -0.1) is 0 Å². The van der Waals surface area contributed by atoms with Crippen molar-refractivity contribution in [3.63, 3.8) is 0 Å². The van der Waals surface area contributed by atoms with Gasteiger partial charge in [0.15, 0.2) is 0 Å². The van der Waals surface area contributed by atoms with Gasteiger partial charge in [0.05, 0.1) is 18.6 Å². The summed E-state index contributed by atoms with van der Waals surface area (Å²) < 4.78 is 0. The van der Waals surface area contributed by atoms with E-state index in [1.165, 1.54) is 18.2 Å². The molecule has 3 unspecified atom stereocenters. The summed E-state index contributed by atoms with van der Waals surface area (Å²) in [7, 11) is 0. The molecule has 6 nitrogen and oxygen atoms in total. The van der Waals surface area contributed by atoms with Crippen LogP contribution in [0.4, 0.5) is 0 Å². The molecule has 16 heavy (non-hydrogen) atoms. The third-order valence-corrected chi connectivity index (χ3v) is 2.74. The Bertz CT molecular complexity index is 377. The van der Waals surface area contributed by atoms with Crippen molar-refractivity contribution in [2.24, 2.45) is 20.9 Å². The van der Waals surface area contributed by atoms with Gasteiger partial charge in [0.2, 0.25) is 18.2 Å². The van der Waals surface area contributed by atoms with Crippen LogP contribution in [0, 0.1) is 5.92 Å². The predicted molar refractivity (Wildman–Crippen MR) is 54.1 cm³/mol. The van der Waals surface area contributed by atoms with E-state index in [0.29, 0.717) is 19.4 Å². The third kappa shape index (κ3) is 3.37. The first-order valence-corrected chi connectivity index (χ1v) is 4.99. The van der Waals surface area contributed by atoms with Crippen LogP contribution in [0.25, 0.3) is 0 Å². The summed E-state index contributed by atoms with van der Waals surface area (Å²) in [5, 5.41) is 0. The average Bonchev–Trinajstić information content (AvgIpc) is 2.30. The van der Waals surface area contributed by atoms with E-state index in [4.69, 9.17) is 0 Å². The second kappa shape index (κ2) is 6.59. The molecule has 0 heterocycles. The minimum absolute atomic E-state index is 0.182. The second-order valence-corrected chi connectivity index (χ2v) is 3.69. The second-order valence-electron chi connectivity index (χ2n) is 3.69. The summed E-state index contributed by atoms with van der Waals surface area (Å²) in [6.07, 6.45) is 6.46. The van der Waals surface area contributed by atoms with E-state index in [1.54, 1.807) is 0 Å². The summed E-state index contributed by atoms with van der Waals surface area (Å²) in [6, 6.07) is -0.644. The summed E-state index contributed by atoms with van der Waals surface area (Å²) >= 11 is 0. The SMILES string of the molecule is O=C=NCC1CCC(N=C=O)C(N=C=O)C1. The molecular weight excluding hydrogens is 210 g/mol. The molecule has 0 aromatic carbocycles. The molecule has 1 saturated carbocycles. The molecule has 1 aliphatic rings. The Labute approximate surface area is 92.2 Å². The van der Waals surface area contributed by atoms with Crippen LogP contribution in [0.5, 0.6) is 0 Å². The van der Waals surface area contributed by atoms with Crippen LogP contribution < -0.4 is 0 Å². The predicted octanol–water partition coefficient (Wildman–Crippen LogP) is 0.531. The first kappa shape index (κ1) is 12.2. The summed E-state index contributed by atoms with van der Waals surface area (Å²) in [5.41, 5.74) is 0. The number of nitrogens with zero attached hydrogens (tertiary/aromatic N) is 3. The van der Waals surface area contributed by atoms with Gasteiger partial charge in [0.25, 0.3) is 0 Å². The maximum atomic E-state index is 10.2. The smallest absolute Gasteiger partial charge is 0.211 e. The van der Waals surface area contributed by atoms with Crippen molar-refractivity contribution in [3.8, 4) is 0 Å². The largest absolute Gasteiger partial charge is 0.235 e. The summed E-state index contributed by atoms with van der Waals surface area (Å²) in [4.78, 5) is 41.1. The molecule has 0 spiro atoms. The number of isocyanates is 3. The van der Waals surface area contributed by atoms with Gasteiger partial charge >= 0.3 is 0 Å². The van der Waals surface area contributed by atoms with E-state index >= 15 is 0 Å². The highest BCUT2D eigenvalue weighted by atomic mass is 16.1. The van der Waals surface area contributed by atoms with Crippen molar-refractivity contribution >= 4 is 18.2 Å². The van der Waals surface area contributed by atoms with E-state index in [1.807, 2.05) is 0 Å². The molecule has 0 bridgehead atoms. The van der Waals surface area contributed by atoms with Crippen LogP contribution in [0.15, 0.2) is 15.0 Å². The van der Waals surface area contributed by atoms with Crippen molar-refractivity contribution in [2.75, 3.05) is 6.54 Å². The number of hydrogen-bond acceptors (Lipinski definition) is 6. The molecule has 0 aromatic heterocycles. The van der Waals surface area contributed by atoms with Gasteiger partial charge in [-0.2, -0.15) is 0 Å². The van der Waals surface area contributed by atoms with Crippen LogP contribution >= 0.6 is 0 Å². The van der Waals surface area contributed by atoms with Gasteiger partial charge in [-0.1, -0.05) is 0 Å². The molecule has 84 valence electrons. The van der Waals surface area contributed by atoms with Crippen molar-refractivity contribution < 1.29 is 14.4 Å². The van der Waals surface area contributed by atoms with Gasteiger partial charge in [-0.25, -0.2) is 29.4 Å². The third-order valence-electron chi connectivity index (χ3n) is 2.74. The zero-order valence-electron chi connectivity index (χ0n) is 8.63. The van der Waals surface area contributed by atoms with Crippen LogP contribution in [-0.4, -0.2) is 36.9 Å². The molecule has 3 atom stereocenters. The van der Waals surface area contributed by atoms with Gasteiger partial charge in [-0.05, 0) is 25.2 Å². The first-order valence-electron chi connectivity index (χ1n) is 4.99. The molecular formula is C10H11N3O3. The fourth-order valence-corrected chi connectivity index (χ4v) is 1.97. The van der Waals surface area contributed by atoms with Crippen molar-refractivity contribution in [1.29, 1.82) is 0 Å². The Morgan fingerprint density at radius 1 is 0.938 bits per heavy atom. The van der Waals surface area contributed by atoms with E-state index in [0.717, 1.165) is 6.42 Å². The Balaban J connectivity index is 2.67. The van der Waals surface area contributed by atoms with E-state index in [2.05, 4.69) is 15.0 Å². The number of aliphatic imine (C=N–C) groups is 3. The number of carbonyl (C=O) groups excluding carboxylic acids is 3. The van der Waals surface area contributed by atoms with Gasteiger partial charge < -0.3 is 0 Å². The Morgan fingerprint density at radius 2 is 1.62 bits per heavy atom. The van der Waals surface area contributed by atoms with Gasteiger partial charge in [-0.3, -0.25) is 0 Å². The molecule has 1 fully saturated rings. The lowest BCUT2D eigenvalue weighted by atomic mass is 9.83. The van der Waals surface area contributed by atoms with Crippen molar-refractivity contribution in [2.45, 2.75) is 31.3 Å². The molecule has 0 aromatic rings. The van der Waals surface area contributed by atoms with Gasteiger partial charge in [0.1, 0.15) is 0 Å². The minimum atomic E-state index is -0.348. The quantitative estimate of drug-likeness (QED) is 0.512. The lowest BCUT2D eigenvalue weighted by molar-refractivity contribution is 0.297. The van der Waals surface area contributed by atoms with Crippen LogP contribution in [0.3, 0.4) is 0 Å². The Kier molecular flexibility index (Phi) is 5.03. The molecule has 0 radical (unpaired) electrons. The highest BCUT2D eigenvalue weighted by molar-refractivity contribution is 5.36. The Hall–Kier alpha value is -1.86. The zero-order valence-corrected chi connectivity index (χ0v) is 8.63. The molecule has 0 N–H and O–H groups in total. The molecule has 1 aliphatic carbocycles. The molecule has 0 saturated heterocycles. The Morgan fingerprint density at radius 3 is 2.25 bits per heavy atom. The van der Waals surface area contributed by atoms with E-state index in [-0.39, 0.29) is 18.0 Å². The fraction of sp³-hybridized carbons (Fsp3) is 0.700. The topological polar surface area (TPSA) is 88.3 Å². The molecule has 0 aliphatic heterocycles. The van der Waals surface area contributed by atoms with Crippen LogP contribution in [0.2, 0.25) is 0 Å². The van der Waals surface area contributed by atoms with Crippen LogP contribution in [0.1, 0.15) is 19.3 Å². The van der Waals surface area contributed by atoms with E-state index in [9.17, 15) is 14.4 Å².